The van der Waals surface area contributed by atoms with Crippen molar-refractivity contribution in [2.45, 2.75) is 31.6 Å². The second-order valence-corrected chi connectivity index (χ2v) is 4.30. The highest BCUT2D eigenvalue weighted by molar-refractivity contribution is 5.43. The Morgan fingerprint density at radius 1 is 1.20 bits per heavy atom. The molecule has 0 amide bonds. The standard InChI is InChI=1S/C12H14N2O/c15-10-5-6-12-13-11(8-14(12)7-10)9-3-1-2-4-9/h5-9,15H,1-4H2. The molecule has 1 fully saturated rings. The molecule has 1 N–H and O–H groups in total. The van der Waals surface area contributed by atoms with Gasteiger partial charge in [0.25, 0.3) is 0 Å². The lowest BCUT2D eigenvalue weighted by Gasteiger charge is -2.02. The van der Waals surface area contributed by atoms with E-state index in [0.29, 0.717) is 5.92 Å². The molecule has 1 saturated carbocycles. The number of aromatic hydroxyl groups is 1. The maximum atomic E-state index is 9.36. The van der Waals surface area contributed by atoms with E-state index in [2.05, 4.69) is 4.98 Å². The molecule has 0 atom stereocenters. The quantitative estimate of drug-likeness (QED) is 0.772. The third kappa shape index (κ3) is 1.48. The number of aromatic nitrogens is 2. The lowest BCUT2D eigenvalue weighted by atomic mass is 10.1. The molecular weight excluding hydrogens is 188 g/mol. The fourth-order valence-electron chi connectivity index (χ4n) is 2.42. The molecule has 3 heteroatoms. The molecule has 1 aliphatic carbocycles. The van der Waals surface area contributed by atoms with Crippen LogP contribution in [0.25, 0.3) is 5.65 Å². The van der Waals surface area contributed by atoms with Crippen molar-refractivity contribution >= 4 is 5.65 Å². The molecule has 0 spiro atoms. The Balaban J connectivity index is 2.05. The van der Waals surface area contributed by atoms with Gasteiger partial charge in [-0.25, -0.2) is 4.98 Å². The van der Waals surface area contributed by atoms with Crippen LogP contribution >= 0.6 is 0 Å². The second-order valence-electron chi connectivity index (χ2n) is 4.30. The van der Waals surface area contributed by atoms with Gasteiger partial charge in [0.05, 0.1) is 11.9 Å². The zero-order chi connectivity index (χ0) is 10.3. The van der Waals surface area contributed by atoms with E-state index in [1.807, 2.05) is 16.7 Å². The minimum absolute atomic E-state index is 0.290. The molecule has 0 radical (unpaired) electrons. The van der Waals surface area contributed by atoms with Crippen LogP contribution in [0, 0.1) is 0 Å². The van der Waals surface area contributed by atoms with E-state index in [4.69, 9.17) is 0 Å². The Bertz CT molecular complexity index is 483. The van der Waals surface area contributed by atoms with Crippen LogP contribution in [0.1, 0.15) is 37.3 Å². The van der Waals surface area contributed by atoms with E-state index >= 15 is 0 Å². The van der Waals surface area contributed by atoms with Gasteiger partial charge < -0.3 is 9.51 Å². The van der Waals surface area contributed by atoms with Crippen molar-refractivity contribution in [2.24, 2.45) is 0 Å². The Morgan fingerprint density at radius 2 is 2.00 bits per heavy atom. The van der Waals surface area contributed by atoms with Crippen LogP contribution in [-0.4, -0.2) is 14.5 Å². The van der Waals surface area contributed by atoms with Gasteiger partial charge in [-0.1, -0.05) is 12.8 Å². The van der Waals surface area contributed by atoms with E-state index < -0.39 is 0 Å². The Morgan fingerprint density at radius 3 is 2.80 bits per heavy atom. The van der Waals surface area contributed by atoms with Crippen LogP contribution in [0.3, 0.4) is 0 Å². The fourth-order valence-corrected chi connectivity index (χ4v) is 2.42. The van der Waals surface area contributed by atoms with Gasteiger partial charge in [-0.05, 0) is 25.0 Å². The van der Waals surface area contributed by atoms with Gasteiger partial charge in [0.2, 0.25) is 0 Å². The smallest absolute Gasteiger partial charge is 0.137 e. The number of nitrogens with zero attached hydrogens (tertiary/aromatic N) is 2. The summed E-state index contributed by atoms with van der Waals surface area (Å²) in [6.45, 7) is 0. The van der Waals surface area contributed by atoms with Crippen molar-refractivity contribution < 1.29 is 5.11 Å². The van der Waals surface area contributed by atoms with E-state index in [0.717, 1.165) is 5.65 Å². The summed E-state index contributed by atoms with van der Waals surface area (Å²) in [5.41, 5.74) is 2.10. The number of pyridine rings is 1. The molecule has 2 aromatic rings. The summed E-state index contributed by atoms with van der Waals surface area (Å²) in [6.07, 6.45) is 8.92. The zero-order valence-electron chi connectivity index (χ0n) is 8.56. The Hall–Kier alpha value is -1.51. The topological polar surface area (TPSA) is 37.5 Å². The predicted molar refractivity (Wildman–Crippen MR) is 58.1 cm³/mol. The van der Waals surface area contributed by atoms with Gasteiger partial charge in [-0.3, -0.25) is 0 Å². The highest BCUT2D eigenvalue weighted by Crippen LogP contribution is 2.33. The summed E-state index contributed by atoms with van der Waals surface area (Å²) in [6, 6.07) is 3.54. The van der Waals surface area contributed by atoms with E-state index in [-0.39, 0.29) is 5.75 Å². The lowest BCUT2D eigenvalue weighted by Crippen LogP contribution is -1.90. The average Bonchev–Trinajstić information content (AvgIpc) is 2.84. The van der Waals surface area contributed by atoms with Gasteiger partial charge in [0.15, 0.2) is 0 Å². The average molecular weight is 202 g/mol. The molecule has 0 aromatic carbocycles. The summed E-state index contributed by atoms with van der Waals surface area (Å²) in [7, 11) is 0. The monoisotopic (exact) mass is 202 g/mol. The number of imidazole rings is 1. The Labute approximate surface area is 88.4 Å². The van der Waals surface area contributed by atoms with Crippen LogP contribution in [0.5, 0.6) is 5.75 Å². The van der Waals surface area contributed by atoms with Gasteiger partial charge in [0, 0.05) is 12.1 Å². The Kier molecular flexibility index (Phi) is 1.91. The van der Waals surface area contributed by atoms with Crippen molar-refractivity contribution in [3.05, 3.63) is 30.2 Å². The molecule has 3 nitrogen and oxygen atoms in total. The largest absolute Gasteiger partial charge is 0.506 e. The summed E-state index contributed by atoms with van der Waals surface area (Å²) in [5.74, 6) is 0.921. The molecule has 15 heavy (non-hydrogen) atoms. The highest BCUT2D eigenvalue weighted by atomic mass is 16.3. The molecule has 3 rings (SSSR count). The molecule has 78 valence electrons. The first-order valence-electron chi connectivity index (χ1n) is 5.50. The zero-order valence-corrected chi connectivity index (χ0v) is 8.56. The van der Waals surface area contributed by atoms with Crippen LogP contribution < -0.4 is 0 Å². The van der Waals surface area contributed by atoms with Crippen molar-refractivity contribution in [1.29, 1.82) is 0 Å². The van der Waals surface area contributed by atoms with Crippen molar-refractivity contribution in [1.82, 2.24) is 9.38 Å². The first-order valence-corrected chi connectivity index (χ1v) is 5.50. The van der Waals surface area contributed by atoms with Gasteiger partial charge in [0.1, 0.15) is 11.4 Å². The summed E-state index contributed by atoms with van der Waals surface area (Å²) in [5, 5.41) is 9.36. The normalized spacial score (nSPS) is 17.6. The fraction of sp³-hybridized carbons (Fsp3) is 0.417. The van der Waals surface area contributed by atoms with Crippen LogP contribution in [0.15, 0.2) is 24.5 Å². The molecule has 0 bridgehead atoms. The molecular formula is C12H14N2O. The maximum Gasteiger partial charge on any atom is 0.137 e. The van der Waals surface area contributed by atoms with Gasteiger partial charge >= 0.3 is 0 Å². The van der Waals surface area contributed by atoms with Gasteiger partial charge in [-0.15, -0.1) is 0 Å². The van der Waals surface area contributed by atoms with Crippen molar-refractivity contribution in [2.75, 3.05) is 0 Å². The molecule has 0 unspecified atom stereocenters. The predicted octanol–water partition coefficient (Wildman–Crippen LogP) is 2.70. The van der Waals surface area contributed by atoms with Gasteiger partial charge in [-0.2, -0.15) is 0 Å². The number of hydrogen-bond acceptors (Lipinski definition) is 2. The number of rotatable bonds is 1. The molecule has 2 aromatic heterocycles. The highest BCUT2D eigenvalue weighted by Gasteiger charge is 2.19. The first-order chi connectivity index (χ1) is 7.33. The third-order valence-corrected chi connectivity index (χ3v) is 3.23. The van der Waals surface area contributed by atoms with E-state index in [9.17, 15) is 5.11 Å². The van der Waals surface area contributed by atoms with Crippen LogP contribution in [0.2, 0.25) is 0 Å². The first kappa shape index (κ1) is 8.77. The number of hydrogen-bond donors (Lipinski definition) is 1. The summed E-state index contributed by atoms with van der Waals surface area (Å²) in [4.78, 5) is 4.59. The van der Waals surface area contributed by atoms with Crippen molar-refractivity contribution in [3.8, 4) is 5.75 Å². The second kappa shape index (κ2) is 3.26. The molecule has 2 heterocycles. The maximum absolute atomic E-state index is 9.36. The minimum atomic E-state index is 0.290. The van der Waals surface area contributed by atoms with Crippen molar-refractivity contribution in [3.63, 3.8) is 0 Å². The van der Waals surface area contributed by atoms with Crippen LogP contribution in [0.4, 0.5) is 0 Å². The summed E-state index contributed by atoms with van der Waals surface area (Å²) < 4.78 is 1.91. The number of fused-ring (bicyclic) bond motifs is 1. The summed E-state index contributed by atoms with van der Waals surface area (Å²) >= 11 is 0. The molecule has 1 aliphatic rings. The van der Waals surface area contributed by atoms with E-state index in [1.54, 1.807) is 12.3 Å². The van der Waals surface area contributed by atoms with E-state index in [1.165, 1.54) is 31.4 Å². The SMILES string of the molecule is Oc1ccc2nc(C3CCCC3)cn2c1. The lowest BCUT2D eigenvalue weighted by molar-refractivity contribution is 0.472. The third-order valence-electron chi connectivity index (χ3n) is 3.23. The minimum Gasteiger partial charge on any atom is -0.506 e. The molecule has 0 aliphatic heterocycles. The molecule has 0 saturated heterocycles. The van der Waals surface area contributed by atoms with Crippen LogP contribution in [-0.2, 0) is 0 Å².